The van der Waals surface area contributed by atoms with Gasteiger partial charge in [0.15, 0.2) is 12.1 Å². The maximum absolute atomic E-state index is 13.8. The molecule has 27 heavy (non-hydrogen) atoms. The van der Waals surface area contributed by atoms with Crippen molar-refractivity contribution in [3.05, 3.63) is 23.5 Å². The summed E-state index contributed by atoms with van der Waals surface area (Å²) in [6, 6.07) is 1.61. The second-order valence-electron chi connectivity index (χ2n) is 8.58. The molecule has 1 saturated heterocycles. The number of hydroxylamine groups is 1. The monoisotopic (exact) mass is 386 g/mol. The summed E-state index contributed by atoms with van der Waals surface area (Å²) in [6.07, 6.45) is 4.68. The standard InChI is InChI=1S/C18H22F4N4O/c1-15(2,3)18(24-10-27-25-18)14-6-13(12(7-23-14)11-4-5-11)26-8-16(19,20)17(21,22)9-26/h6-7,10-11,25H,4-5,8-9H2,1-3H3. The first-order valence-corrected chi connectivity index (χ1v) is 8.94. The molecule has 2 aliphatic heterocycles. The van der Waals surface area contributed by atoms with Gasteiger partial charge in [-0.05, 0) is 30.4 Å². The number of hydrogen-bond donors (Lipinski definition) is 1. The molecule has 1 aromatic rings. The molecule has 4 rings (SSSR count). The number of halogens is 4. The predicted molar refractivity (Wildman–Crippen MR) is 92.2 cm³/mol. The number of pyridine rings is 1. The highest BCUT2D eigenvalue weighted by Crippen LogP contribution is 2.50. The Labute approximate surface area is 154 Å². The first-order valence-electron chi connectivity index (χ1n) is 8.94. The van der Waals surface area contributed by atoms with E-state index in [9.17, 15) is 17.6 Å². The Morgan fingerprint density at radius 1 is 1.15 bits per heavy atom. The molecule has 1 N–H and O–H groups in total. The van der Waals surface area contributed by atoms with Crippen molar-refractivity contribution in [3.63, 3.8) is 0 Å². The smallest absolute Gasteiger partial charge is 0.329 e. The van der Waals surface area contributed by atoms with Crippen molar-refractivity contribution in [1.29, 1.82) is 0 Å². The molecule has 1 aliphatic carbocycles. The van der Waals surface area contributed by atoms with Gasteiger partial charge in [0.05, 0.1) is 18.8 Å². The lowest BCUT2D eigenvalue weighted by Crippen LogP contribution is -2.48. The van der Waals surface area contributed by atoms with Crippen LogP contribution in [0.1, 0.15) is 50.8 Å². The SMILES string of the molecule is CC(C)(C)C1(c2cc(N3CC(F)(F)C(F)(F)C3)c(C3CC3)cn2)N=CON1. The average Bonchev–Trinajstić information content (AvgIpc) is 3.21. The van der Waals surface area contributed by atoms with Gasteiger partial charge in [-0.1, -0.05) is 20.8 Å². The van der Waals surface area contributed by atoms with Gasteiger partial charge in [-0.15, -0.1) is 5.48 Å². The number of nitrogens with one attached hydrogen (secondary N) is 1. The molecule has 148 valence electrons. The van der Waals surface area contributed by atoms with Crippen LogP contribution in [0.4, 0.5) is 23.2 Å². The van der Waals surface area contributed by atoms with E-state index in [-0.39, 0.29) is 5.92 Å². The van der Waals surface area contributed by atoms with Crippen molar-refractivity contribution >= 4 is 12.1 Å². The molecule has 5 nitrogen and oxygen atoms in total. The van der Waals surface area contributed by atoms with Crippen molar-refractivity contribution in [3.8, 4) is 0 Å². The van der Waals surface area contributed by atoms with E-state index >= 15 is 0 Å². The third kappa shape index (κ3) is 2.78. The summed E-state index contributed by atoms with van der Waals surface area (Å²) < 4.78 is 55.2. The molecule has 1 aromatic heterocycles. The van der Waals surface area contributed by atoms with Crippen LogP contribution in [-0.2, 0) is 10.5 Å². The highest BCUT2D eigenvalue weighted by atomic mass is 19.3. The minimum absolute atomic E-state index is 0.172. The number of hydrogen-bond acceptors (Lipinski definition) is 5. The summed E-state index contributed by atoms with van der Waals surface area (Å²) in [5, 5.41) is 0. The van der Waals surface area contributed by atoms with Crippen molar-refractivity contribution in [2.75, 3.05) is 18.0 Å². The molecule has 9 heteroatoms. The fourth-order valence-electron chi connectivity index (χ4n) is 3.67. The number of rotatable bonds is 3. The zero-order valence-corrected chi connectivity index (χ0v) is 15.4. The van der Waals surface area contributed by atoms with E-state index in [4.69, 9.17) is 4.84 Å². The number of anilines is 1. The van der Waals surface area contributed by atoms with Crippen molar-refractivity contribution < 1.29 is 22.4 Å². The fourth-order valence-corrected chi connectivity index (χ4v) is 3.67. The van der Waals surface area contributed by atoms with Crippen molar-refractivity contribution in [1.82, 2.24) is 10.5 Å². The molecule has 0 bridgehead atoms. The van der Waals surface area contributed by atoms with E-state index in [0.717, 1.165) is 23.3 Å². The minimum atomic E-state index is -4.06. The third-order valence-electron chi connectivity index (χ3n) is 5.55. The topological polar surface area (TPSA) is 49.8 Å². The van der Waals surface area contributed by atoms with Crippen LogP contribution in [0.5, 0.6) is 0 Å². The molecular formula is C18H22F4N4O. The van der Waals surface area contributed by atoms with Crippen LogP contribution < -0.4 is 10.4 Å². The highest BCUT2D eigenvalue weighted by molar-refractivity contribution is 5.60. The van der Waals surface area contributed by atoms with E-state index in [1.54, 1.807) is 12.3 Å². The zero-order valence-electron chi connectivity index (χ0n) is 15.4. The van der Waals surface area contributed by atoms with Crippen LogP contribution in [0.3, 0.4) is 0 Å². The van der Waals surface area contributed by atoms with E-state index in [1.165, 1.54) is 6.40 Å². The Hall–Kier alpha value is -1.90. The second kappa shape index (κ2) is 5.56. The summed E-state index contributed by atoms with van der Waals surface area (Å²) in [7, 11) is 0. The lowest BCUT2D eigenvalue weighted by molar-refractivity contribution is -0.172. The zero-order chi connectivity index (χ0) is 19.7. The van der Waals surface area contributed by atoms with Crippen LogP contribution in [0.15, 0.2) is 17.3 Å². The van der Waals surface area contributed by atoms with Gasteiger partial charge < -0.3 is 9.74 Å². The number of aromatic nitrogens is 1. The molecule has 3 aliphatic rings. The Morgan fingerprint density at radius 3 is 2.26 bits per heavy atom. The summed E-state index contributed by atoms with van der Waals surface area (Å²) in [5.41, 5.74) is 2.90. The quantitative estimate of drug-likeness (QED) is 0.803. The molecule has 2 fully saturated rings. The van der Waals surface area contributed by atoms with Crippen molar-refractivity contribution in [2.45, 2.75) is 57.0 Å². The van der Waals surface area contributed by atoms with Gasteiger partial charge in [0.25, 0.3) is 0 Å². The molecule has 0 aromatic carbocycles. The van der Waals surface area contributed by atoms with E-state index in [1.807, 2.05) is 20.8 Å². The molecule has 0 radical (unpaired) electrons. The lowest BCUT2D eigenvalue weighted by Gasteiger charge is -2.37. The van der Waals surface area contributed by atoms with Crippen LogP contribution in [0.25, 0.3) is 0 Å². The number of alkyl halides is 4. The average molecular weight is 386 g/mol. The fraction of sp³-hybridized carbons (Fsp3) is 0.667. The largest absolute Gasteiger partial charge is 0.394 e. The summed E-state index contributed by atoms with van der Waals surface area (Å²) in [5.74, 6) is -7.95. The molecule has 0 amide bonds. The maximum atomic E-state index is 13.8. The van der Waals surface area contributed by atoms with Crippen LogP contribution in [-0.4, -0.2) is 36.3 Å². The Balaban J connectivity index is 1.80. The second-order valence-corrected chi connectivity index (χ2v) is 8.58. The van der Waals surface area contributed by atoms with Gasteiger partial charge >= 0.3 is 11.8 Å². The van der Waals surface area contributed by atoms with Crippen LogP contribution in [0.2, 0.25) is 0 Å². The molecule has 1 saturated carbocycles. The Kier molecular flexibility index (Phi) is 3.80. The molecular weight excluding hydrogens is 364 g/mol. The Bertz CT molecular complexity index is 772. The minimum Gasteiger partial charge on any atom is -0.394 e. The first-order chi connectivity index (χ1) is 12.5. The van der Waals surface area contributed by atoms with E-state index < -0.39 is 36.0 Å². The molecule has 0 spiro atoms. The summed E-state index contributed by atoms with van der Waals surface area (Å²) in [6.45, 7) is 3.76. The van der Waals surface area contributed by atoms with Gasteiger partial charge in [0.2, 0.25) is 0 Å². The molecule has 3 heterocycles. The summed E-state index contributed by atoms with van der Waals surface area (Å²) >= 11 is 0. The Morgan fingerprint density at radius 2 is 1.78 bits per heavy atom. The molecule has 1 unspecified atom stereocenters. The first kappa shape index (κ1) is 18.5. The number of nitrogens with zero attached hydrogens (tertiary/aromatic N) is 3. The van der Waals surface area contributed by atoms with Crippen molar-refractivity contribution in [2.24, 2.45) is 10.4 Å². The van der Waals surface area contributed by atoms with Gasteiger partial charge in [0, 0.05) is 17.3 Å². The van der Waals surface area contributed by atoms with E-state index in [2.05, 4.69) is 15.5 Å². The van der Waals surface area contributed by atoms with Gasteiger partial charge in [-0.25, -0.2) is 4.99 Å². The predicted octanol–water partition coefficient (Wildman–Crippen LogP) is 3.81. The summed E-state index contributed by atoms with van der Waals surface area (Å²) in [4.78, 5) is 15.1. The lowest BCUT2D eigenvalue weighted by atomic mass is 9.78. The van der Waals surface area contributed by atoms with Crippen LogP contribution >= 0.6 is 0 Å². The molecule has 1 atom stereocenters. The van der Waals surface area contributed by atoms with E-state index in [0.29, 0.717) is 11.4 Å². The normalized spacial score (nSPS) is 29.2. The van der Waals surface area contributed by atoms with Gasteiger partial charge in [-0.3, -0.25) is 4.98 Å². The van der Waals surface area contributed by atoms with Crippen LogP contribution in [0, 0.1) is 5.41 Å². The highest BCUT2D eigenvalue weighted by Gasteiger charge is 2.63. The number of aliphatic imine (C=N–C) groups is 1. The van der Waals surface area contributed by atoms with Gasteiger partial charge in [0.1, 0.15) is 0 Å². The third-order valence-corrected chi connectivity index (χ3v) is 5.55. The van der Waals surface area contributed by atoms with Gasteiger partial charge in [-0.2, -0.15) is 17.6 Å². The maximum Gasteiger partial charge on any atom is 0.329 e.